The van der Waals surface area contributed by atoms with Gasteiger partial charge in [0.15, 0.2) is 0 Å². The van der Waals surface area contributed by atoms with E-state index in [9.17, 15) is 14.7 Å². The van der Waals surface area contributed by atoms with E-state index in [0.29, 0.717) is 0 Å². The zero-order valence-corrected chi connectivity index (χ0v) is 11.0. The Kier molecular flexibility index (Phi) is 3.96. The lowest BCUT2D eigenvalue weighted by Crippen LogP contribution is -2.46. The Hall–Kier alpha value is -2.04. The molecule has 1 aromatic carbocycles. The van der Waals surface area contributed by atoms with Crippen LogP contribution in [0, 0.1) is 6.92 Å². The zero-order chi connectivity index (χ0) is 13.9. The lowest BCUT2D eigenvalue weighted by atomic mass is 10.1. The molecule has 0 radical (unpaired) electrons. The number of phenols is 1. The van der Waals surface area contributed by atoms with Crippen molar-refractivity contribution in [3.05, 3.63) is 23.8 Å². The first kappa shape index (κ1) is 14.0. The largest absolute Gasteiger partial charge is 0.506 e. The molecule has 2 amide bonds. The highest BCUT2D eigenvalue weighted by atomic mass is 16.3. The molecule has 0 aromatic heterocycles. The first-order chi connectivity index (χ1) is 8.19. The summed E-state index contributed by atoms with van der Waals surface area (Å²) >= 11 is 0. The van der Waals surface area contributed by atoms with Crippen molar-refractivity contribution in [3.8, 4) is 5.75 Å². The molecule has 0 spiro atoms. The van der Waals surface area contributed by atoms with Crippen LogP contribution in [-0.2, 0) is 9.59 Å². The number of aryl methyl sites for hydroxylation is 1. The molecule has 0 saturated carbocycles. The van der Waals surface area contributed by atoms with E-state index < -0.39 is 17.4 Å². The summed E-state index contributed by atoms with van der Waals surface area (Å²) < 4.78 is 0. The summed E-state index contributed by atoms with van der Waals surface area (Å²) in [6, 6.07) is 4.77. The van der Waals surface area contributed by atoms with Crippen LogP contribution in [0.25, 0.3) is 0 Å². The van der Waals surface area contributed by atoms with Gasteiger partial charge in [0.25, 0.3) is 0 Å². The van der Waals surface area contributed by atoms with Crippen molar-refractivity contribution in [2.24, 2.45) is 0 Å². The average molecular weight is 250 g/mol. The van der Waals surface area contributed by atoms with E-state index in [1.165, 1.54) is 6.07 Å². The van der Waals surface area contributed by atoms with E-state index in [1.54, 1.807) is 32.9 Å². The number of amides is 2. The molecule has 0 aliphatic heterocycles. The number of hydrogen-bond acceptors (Lipinski definition) is 3. The van der Waals surface area contributed by atoms with Gasteiger partial charge in [0.2, 0.25) is 0 Å². The molecule has 0 unspecified atom stereocenters. The minimum Gasteiger partial charge on any atom is -0.506 e. The minimum absolute atomic E-state index is 0.0718. The highest BCUT2D eigenvalue weighted by Gasteiger charge is 2.20. The first-order valence-electron chi connectivity index (χ1n) is 5.62. The Morgan fingerprint density at radius 3 is 2.33 bits per heavy atom. The summed E-state index contributed by atoms with van der Waals surface area (Å²) in [6.07, 6.45) is 0. The van der Waals surface area contributed by atoms with E-state index in [1.807, 2.05) is 6.92 Å². The van der Waals surface area contributed by atoms with Crippen LogP contribution in [0.3, 0.4) is 0 Å². The summed E-state index contributed by atoms with van der Waals surface area (Å²) in [5.41, 5.74) is 0.617. The third-order valence-electron chi connectivity index (χ3n) is 2.10. The molecule has 0 aliphatic carbocycles. The number of hydrogen-bond donors (Lipinski definition) is 3. The van der Waals surface area contributed by atoms with Gasteiger partial charge in [-0.05, 0) is 45.4 Å². The number of aromatic hydroxyl groups is 1. The molecule has 0 bridgehead atoms. The molecular weight excluding hydrogens is 232 g/mol. The predicted octanol–water partition coefficient (Wildman–Crippen LogP) is 1.55. The Morgan fingerprint density at radius 2 is 1.78 bits per heavy atom. The third-order valence-corrected chi connectivity index (χ3v) is 2.10. The molecule has 1 aromatic rings. The summed E-state index contributed by atoms with van der Waals surface area (Å²) in [5, 5.41) is 14.5. The molecule has 0 aliphatic rings. The van der Waals surface area contributed by atoms with E-state index in [-0.39, 0.29) is 11.4 Å². The van der Waals surface area contributed by atoms with Gasteiger partial charge in [0.05, 0.1) is 5.69 Å². The molecule has 0 heterocycles. The molecule has 5 heteroatoms. The monoisotopic (exact) mass is 250 g/mol. The number of benzene rings is 1. The highest BCUT2D eigenvalue weighted by molar-refractivity contribution is 6.39. The zero-order valence-electron chi connectivity index (χ0n) is 11.0. The van der Waals surface area contributed by atoms with Gasteiger partial charge in [0.1, 0.15) is 5.75 Å². The van der Waals surface area contributed by atoms with Crippen molar-refractivity contribution < 1.29 is 14.7 Å². The number of phenolic OH excluding ortho intramolecular Hbond substituents is 1. The SMILES string of the molecule is Cc1ccc(O)c(NC(=O)C(=O)NC(C)(C)C)c1. The van der Waals surface area contributed by atoms with Crippen LogP contribution in [-0.4, -0.2) is 22.5 Å². The van der Waals surface area contributed by atoms with Crippen molar-refractivity contribution in [1.82, 2.24) is 5.32 Å². The van der Waals surface area contributed by atoms with Crippen molar-refractivity contribution in [2.45, 2.75) is 33.2 Å². The van der Waals surface area contributed by atoms with Crippen LogP contribution in [0.4, 0.5) is 5.69 Å². The van der Waals surface area contributed by atoms with Gasteiger partial charge in [-0.15, -0.1) is 0 Å². The van der Waals surface area contributed by atoms with Crippen LogP contribution >= 0.6 is 0 Å². The Morgan fingerprint density at radius 1 is 1.17 bits per heavy atom. The first-order valence-corrected chi connectivity index (χ1v) is 5.62. The summed E-state index contributed by atoms with van der Waals surface area (Å²) in [6.45, 7) is 7.16. The van der Waals surface area contributed by atoms with Crippen LogP contribution in [0.5, 0.6) is 5.75 Å². The normalized spacial score (nSPS) is 10.9. The molecular formula is C13H18N2O3. The van der Waals surface area contributed by atoms with E-state index >= 15 is 0 Å². The lowest BCUT2D eigenvalue weighted by molar-refractivity contribution is -0.137. The van der Waals surface area contributed by atoms with Crippen LogP contribution in [0.1, 0.15) is 26.3 Å². The molecule has 0 saturated heterocycles. The molecule has 3 N–H and O–H groups in total. The number of carbonyl (C=O) groups excluding carboxylic acids is 2. The van der Waals surface area contributed by atoms with E-state index in [0.717, 1.165) is 5.56 Å². The Labute approximate surface area is 106 Å². The smallest absolute Gasteiger partial charge is 0.313 e. The van der Waals surface area contributed by atoms with E-state index in [4.69, 9.17) is 0 Å². The fourth-order valence-electron chi connectivity index (χ4n) is 1.33. The third kappa shape index (κ3) is 4.08. The van der Waals surface area contributed by atoms with Crippen molar-refractivity contribution in [2.75, 3.05) is 5.32 Å². The van der Waals surface area contributed by atoms with Gasteiger partial charge in [0, 0.05) is 5.54 Å². The summed E-state index contributed by atoms with van der Waals surface area (Å²) in [5.74, 6) is -1.60. The Balaban J connectivity index is 2.76. The molecule has 98 valence electrons. The number of anilines is 1. The topological polar surface area (TPSA) is 78.4 Å². The predicted molar refractivity (Wildman–Crippen MR) is 69.4 cm³/mol. The van der Waals surface area contributed by atoms with Gasteiger partial charge >= 0.3 is 11.8 Å². The lowest BCUT2D eigenvalue weighted by Gasteiger charge is -2.20. The number of carbonyl (C=O) groups is 2. The fraction of sp³-hybridized carbons (Fsp3) is 0.385. The number of nitrogens with one attached hydrogen (secondary N) is 2. The Bertz CT molecular complexity index is 476. The van der Waals surface area contributed by atoms with Gasteiger partial charge < -0.3 is 15.7 Å². The molecule has 0 atom stereocenters. The van der Waals surface area contributed by atoms with Gasteiger partial charge in [-0.25, -0.2) is 0 Å². The standard InChI is InChI=1S/C13H18N2O3/c1-8-5-6-10(16)9(7-8)14-11(17)12(18)15-13(2,3)4/h5-7,16H,1-4H3,(H,14,17)(H,15,18). The average Bonchev–Trinajstić information content (AvgIpc) is 2.21. The van der Waals surface area contributed by atoms with Crippen LogP contribution in [0.15, 0.2) is 18.2 Å². The fourth-order valence-corrected chi connectivity index (χ4v) is 1.33. The number of rotatable bonds is 1. The molecule has 5 nitrogen and oxygen atoms in total. The van der Waals surface area contributed by atoms with Gasteiger partial charge in [-0.3, -0.25) is 9.59 Å². The van der Waals surface area contributed by atoms with Gasteiger partial charge in [-0.1, -0.05) is 6.07 Å². The van der Waals surface area contributed by atoms with Gasteiger partial charge in [-0.2, -0.15) is 0 Å². The maximum atomic E-state index is 11.6. The van der Waals surface area contributed by atoms with E-state index in [2.05, 4.69) is 10.6 Å². The quantitative estimate of drug-likeness (QED) is 0.522. The molecule has 1 rings (SSSR count). The maximum absolute atomic E-state index is 11.6. The van der Waals surface area contributed by atoms with Crippen molar-refractivity contribution in [1.29, 1.82) is 0 Å². The van der Waals surface area contributed by atoms with Crippen molar-refractivity contribution in [3.63, 3.8) is 0 Å². The molecule has 0 fully saturated rings. The van der Waals surface area contributed by atoms with Crippen molar-refractivity contribution >= 4 is 17.5 Å². The summed E-state index contributed by atoms with van der Waals surface area (Å²) in [4.78, 5) is 23.2. The maximum Gasteiger partial charge on any atom is 0.313 e. The second-order valence-corrected chi connectivity index (χ2v) is 5.18. The second kappa shape index (κ2) is 5.08. The second-order valence-electron chi connectivity index (χ2n) is 5.18. The highest BCUT2D eigenvalue weighted by Crippen LogP contribution is 2.23. The van der Waals surface area contributed by atoms with Crippen LogP contribution < -0.4 is 10.6 Å². The minimum atomic E-state index is -0.800. The van der Waals surface area contributed by atoms with Crippen LogP contribution in [0.2, 0.25) is 0 Å². The molecule has 18 heavy (non-hydrogen) atoms. The summed E-state index contributed by atoms with van der Waals surface area (Å²) in [7, 11) is 0.